The van der Waals surface area contributed by atoms with Gasteiger partial charge in [-0.15, -0.1) is 0 Å². The average molecular weight is 416 g/mol. The number of nitrogens with zero attached hydrogens (tertiary/aromatic N) is 1. The van der Waals surface area contributed by atoms with Gasteiger partial charge >= 0.3 is 0 Å². The van der Waals surface area contributed by atoms with E-state index in [9.17, 15) is 0 Å². The highest BCUT2D eigenvalue weighted by Crippen LogP contribution is 2.40. The van der Waals surface area contributed by atoms with Crippen LogP contribution in [0.15, 0.2) is 72.8 Å². The molecule has 0 bridgehead atoms. The summed E-state index contributed by atoms with van der Waals surface area (Å²) in [6.07, 6.45) is 0.912. The molecule has 31 heavy (non-hydrogen) atoms. The first-order valence-electron chi connectivity index (χ1n) is 10.7. The van der Waals surface area contributed by atoms with Crippen molar-refractivity contribution in [1.82, 2.24) is 4.90 Å². The van der Waals surface area contributed by atoms with Crippen LogP contribution in [0, 0.1) is 0 Å². The molecule has 0 saturated heterocycles. The topological polar surface area (TPSA) is 30.9 Å². The maximum absolute atomic E-state index is 5.89. The number of benzene rings is 3. The van der Waals surface area contributed by atoms with E-state index in [2.05, 4.69) is 78.6 Å². The molecule has 0 spiro atoms. The fraction of sp³-hybridized carbons (Fsp3) is 0.259. The van der Waals surface area contributed by atoms with Gasteiger partial charge in [-0.25, -0.2) is 0 Å². The molecular weight excluding hydrogens is 386 g/mol. The molecule has 0 N–H and O–H groups in total. The Hall–Kier alpha value is -3.24. The van der Waals surface area contributed by atoms with Crippen LogP contribution in [0.5, 0.6) is 17.2 Å². The molecule has 0 radical (unpaired) electrons. The first kappa shape index (κ1) is 21.0. The number of likely N-dealkylation sites (N-methyl/N-ethyl adjacent to an activating group) is 1. The molecule has 0 unspecified atom stereocenters. The lowest BCUT2D eigenvalue weighted by Gasteiger charge is -2.17. The number of ether oxygens (including phenoxy) is 3. The molecule has 4 nitrogen and oxygen atoms in total. The Kier molecular flexibility index (Phi) is 6.58. The second-order valence-electron chi connectivity index (χ2n) is 7.82. The predicted octanol–water partition coefficient (Wildman–Crippen LogP) is 5.72. The largest absolute Gasteiger partial charge is 0.492 e. The highest BCUT2D eigenvalue weighted by Gasteiger charge is 2.18. The molecule has 0 aliphatic carbocycles. The smallest absolute Gasteiger partial charge is 0.231 e. The lowest BCUT2D eigenvalue weighted by molar-refractivity contribution is 0.174. The monoisotopic (exact) mass is 415 g/mol. The summed E-state index contributed by atoms with van der Waals surface area (Å²) in [5.74, 6) is 2.47. The zero-order chi connectivity index (χ0) is 21.6. The molecule has 4 rings (SSSR count). The first-order chi connectivity index (χ1) is 15.2. The average Bonchev–Trinajstić information content (AvgIpc) is 3.26. The Labute approximate surface area is 184 Å². The van der Waals surface area contributed by atoms with Crippen molar-refractivity contribution in [2.75, 3.05) is 34.0 Å². The molecule has 3 aromatic carbocycles. The Morgan fingerprint density at radius 2 is 1.55 bits per heavy atom. The number of rotatable bonds is 8. The predicted molar refractivity (Wildman–Crippen MR) is 126 cm³/mol. The third-order valence-electron chi connectivity index (χ3n) is 5.39. The van der Waals surface area contributed by atoms with Gasteiger partial charge in [0.05, 0.1) is 0 Å². The van der Waals surface area contributed by atoms with Crippen molar-refractivity contribution in [2.24, 2.45) is 0 Å². The van der Waals surface area contributed by atoms with Gasteiger partial charge in [-0.1, -0.05) is 55.5 Å². The summed E-state index contributed by atoms with van der Waals surface area (Å²) in [6, 6.07) is 25.1. The summed E-state index contributed by atoms with van der Waals surface area (Å²) in [5.41, 5.74) is 5.99. The van der Waals surface area contributed by atoms with Crippen LogP contribution < -0.4 is 14.2 Å². The van der Waals surface area contributed by atoms with Crippen molar-refractivity contribution < 1.29 is 14.2 Å². The van der Waals surface area contributed by atoms with Crippen molar-refractivity contribution in [3.63, 3.8) is 0 Å². The van der Waals surface area contributed by atoms with Gasteiger partial charge in [-0.2, -0.15) is 0 Å². The summed E-state index contributed by atoms with van der Waals surface area (Å²) in [6.45, 7) is 4.03. The Bertz CT molecular complexity index is 1040. The van der Waals surface area contributed by atoms with Crippen LogP contribution in [0.2, 0.25) is 0 Å². The minimum Gasteiger partial charge on any atom is -0.492 e. The van der Waals surface area contributed by atoms with Crippen LogP contribution in [0.4, 0.5) is 0 Å². The van der Waals surface area contributed by atoms with Gasteiger partial charge in [0.25, 0.3) is 0 Å². The minimum atomic E-state index is 0.274. The van der Waals surface area contributed by atoms with E-state index in [0.29, 0.717) is 6.61 Å². The Morgan fingerprint density at radius 3 is 2.26 bits per heavy atom. The molecule has 1 heterocycles. The van der Waals surface area contributed by atoms with E-state index in [-0.39, 0.29) is 6.79 Å². The van der Waals surface area contributed by atoms with Crippen LogP contribution >= 0.6 is 0 Å². The van der Waals surface area contributed by atoms with Crippen molar-refractivity contribution in [3.8, 4) is 17.2 Å². The third-order valence-corrected chi connectivity index (χ3v) is 5.39. The second kappa shape index (κ2) is 9.71. The van der Waals surface area contributed by atoms with E-state index in [0.717, 1.165) is 41.3 Å². The zero-order valence-corrected chi connectivity index (χ0v) is 18.4. The van der Waals surface area contributed by atoms with Crippen molar-refractivity contribution in [2.45, 2.75) is 13.3 Å². The van der Waals surface area contributed by atoms with Crippen molar-refractivity contribution in [1.29, 1.82) is 0 Å². The molecule has 0 amide bonds. The van der Waals surface area contributed by atoms with E-state index < -0.39 is 0 Å². The Morgan fingerprint density at radius 1 is 0.839 bits per heavy atom. The van der Waals surface area contributed by atoms with E-state index in [1.165, 1.54) is 16.7 Å². The van der Waals surface area contributed by atoms with Crippen LogP contribution in [-0.2, 0) is 0 Å². The molecule has 4 heteroatoms. The molecule has 1 aliphatic heterocycles. The van der Waals surface area contributed by atoms with Gasteiger partial charge in [-0.3, -0.25) is 0 Å². The molecule has 0 atom stereocenters. The fourth-order valence-electron chi connectivity index (χ4n) is 3.80. The molecule has 160 valence electrons. The second-order valence-corrected chi connectivity index (χ2v) is 7.82. The Balaban J connectivity index is 1.75. The molecule has 0 saturated carbocycles. The summed E-state index contributed by atoms with van der Waals surface area (Å²) in [5, 5.41) is 0. The van der Waals surface area contributed by atoms with Crippen LogP contribution in [-0.4, -0.2) is 38.9 Å². The standard InChI is InChI=1S/C27H29NO3/c1-4-24(20-8-6-5-7-9-20)27(22-12-15-25-26(18-22)31-19-30-25)21-10-13-23(14-11-21)29-17-16-28(2)3/h5-15,18H,4,16-17,19H2,1-3H3/b27-24-. The fourth-order valence-corrected chi connectivity index (χ4v) is 3.80. The lowest BCUT2D eigenvalue weighted by atomic mass is 9.88. The van der Waals surface area contributed by atoms with Crippen LogP contribution in [0.25, 0.3) is 11.1 Å². The van der Waals surface area contributed by atoms with Gasteiger partial charge in [0, 0.05) is 6.54 Å². The maximum Gasteiger partial charge on any atom is 0.231 e. The van der Waals surface area contributed by atoms with Crippen LogP contribution in [0.1, 0.15) is 30.0 Å². The highest BCUT2D eigenvalue weighted by molar-refractivity contribution is 5.99. The maximum atomic E-state index is 5.89. The quantitative estimate of drug-likeness (QED) is 0.440. The summed E-state index contributed by atoms with van der Waals surface area (Å²) in [7, 11) is 4.09. The van der Waals surface area contributed by atoms with Crippen molar-refractivity contribution in [3.05, 3.63) is 89.5 Å². The zero-order valence-electron chi connectivity index (χ0n) is 18.4. The lowest BCUT2D eigenvalue weighted by Crippen LogP contribution is -2.19. The first-order valence-corrected chi connectivity index (χ1v) is 10.7. The number of hydrogen-bond acceptors (Lipinski definition) is 4. The number of hydrogen-bond donors (Lipinski definition) is 0. The van der Waals surface area contributed by atoms with E-state index in [1.54, 1.807) is 0 Å². The normalized spacial score (nSPS) is 13.3. The summed E-state index contributed by atoms with van der Waals surface area (Å²) >= 11 is 0. The van der Waals surface area contributed by atoms with E-state index in [4.69, 9.17) is 14.2 Å². The molecule has 0 aromatic heterocycles. The summed E-state index contributed by atoms with van der Waals surface area (Å²) in [4.78, 5) is 2.11. The molecule has 1 aliphatic rings. The molecule has 3 aromatic rings. The van der Waals surface area contributed by atoms with Gasteiger partial charge in [-0.05, 0) is 72.6 Å². The van der Waals surface area contributed by atoms with Gasteiger partial charge in [0.2, 0.25) is 6.79 Å². The van der Waals surface area contributed by atoms with Crippen LogP contribution in [0.3, 0.4) is 0 Å². The third kappa shape index (κ3) is 4.92. The van der Waals surface area contributed by atoms with Gasteiger partial charge < -0.3 is 19.1 Å². The molecule has 0 fully saturated rings. The molecular formula is C27H29NO3. The minimum absolute atomic E-state index is 0.274. The van der Waals surface area contributed by atoms with E-state index in [1.807, 2.05) is 20.2 Å². The van der Waals surface area contributed by atoms with Crippen molar-refractivity contribution >= 4 is 11.1 Å². The highest BCUT2D eigenvalue weighted by atomic mass is 16.7. The number of allylic oxidation sites excluding steroid dienone is 1. The van der Waals surface area contributed by atoms with Gasteiger partial charge in [0.1, 0.15) is 12.4 Å². The number of fused-ring (bicyclic) bond motifs is 1. The van der Waals surface area contributed by atoms with Gasteiger partial charge in [0.15, 0.2) is 11.5 Å². The summed E-state index contributed by atoms with van der Waals surface area (Å²) < 4.78 is 17.1. The SMILES string of the molecule is CC/C(=C(\c1ccc(OCCN(C)C)cc1)c1ccc2c(c1)OCO2)c1ccccc1. The van der Waals surface area contributed by atoms with E-state index >= 15 is 0 Å².